The van der Waals surface area contributed by atoms with Crippen molar-refractivity contribution in [2.75, 3.05) is 26.2 Å². The monoisotopic (exact) mass is 534 g/mol. The van der Waals surface area contributed by atoms with Gasteiger partial charge in [0.15, 0.2) is 0 Å². The number of hydrogen-bond acceptors (Lipinski definition) is 6. The minimum Gasteiger partial charge on any atom is -0.483 e. The Balaban J connectivity index is 0.000000983. The number of nitrogens with one attached hydrogen (secondary N) is 2. The van der Waals surface area contributed by atoms with E-state index in [-0.39, 0.29) is 35.9 Å². The van der Waals surface area contributed by atoms with Gasteiger partial charge in [-0.15, -0.1) is 0 Å². The number of hydrogen-bond donors (Lipinski definition) is 4. The summed E-state index contributed by atoms with van der Waals surface area (Å²) in [6.07, 6.45) is 5.99. The summed E-state index contributed by atoms with van der Waals surface area (Å²) < 4.78 is 1.81. The van der Waals surface area contributed by atoms with Crippen molar-refractivity contribution in [3.8, 4) is 0 Å². The second-order valence-electron chi connectivity index (χ2n) is 10.2. The number of amides is 2. The predicted molar refractivity (Wildman–Crippen MR) is 142 cm³/mol. The fourth-order valence-electron chi connectivity index (χ4n) is 5.94. The van der Waals surface area contributed by atoms with Gasteiger partial charge in [0, 0.05) is 56.6 Å². The smallest absolute Gasteiger partial charge is 0.290 e. The zero-order valence-electron chi connectivity index (χ0n) is 21.5. The molecule has 39 heavy (non-hydrogen) atoms. The number of aliphatic hydroxyl groups excluding tert-OH is 1. The Bertz CT molecular complexity index is 1620. The van der Waals surface area contributed by atoms with Crippen LogP contribution < -0.4 is 5.56 Å². The van der Waals surface area contributed by atoms with Crippen LogP contribution in [0.1, 0.15) is 45.8 Å². The molecule has 2 aliphatic rings. The Kier molecular flexibility index (Phi) is 6.96. The molecule has 2 amide bonds. The van der Waals surface area contributed by atoms with Crippen molar-refractivity contribution in [2.24, 2.45) is 12.5 Å². The number of fused-ring (bicyclic) bond motifs is 2. The first kappa shape index (κ1) is 26.2. The predicted octanol–water partition coefficient (Wildman–Crippen LogP) is 1.70. The number of benzene rings is 1. The van der Waals surface area contributed by atoms with E-state index in [1.54, 1.807) is 30.5 Å². The average molecular weight is 535 g/mol. The summed E-state index contributed by atoms with van der Waals surface area (Å²) in [6.45, 7) is 2.05. The first-order valence-corrected chi connectivity index (χ1v) is 12.7. The third-order valence-corrected chi connectivity index (χ3v) is 7.75. The number of aryl methyl sites for hydroxylation is 1. The molecule has 1 atom stereocenters. The molecule has 2 saturated heterocycles. The maximum atomic E-state index is 13.5. The standard InChI is InChI=1S/C26H28N6O4.CH2O2/c1-30-9-5-17-22(30)18(12-27-23(17)34)25(36)32-10-7-26(15-32)6-2-8-31(14-26)24(35)16-3-4-19-20(11-16)29-21(13-33)28-19;2-1-3/h3-5,9,11-12,33H,2,6-8,10,13-15H2,1H3,(H,27,34)(H,28,29);1H,(H,2,3). The molecule has 4 N–H and O–H groups in total. The molecule has 0 radical (unpaired) electrons. The minimum absolute atomic E-state index is 0.0351. The van der Waals surface area contributed by atoms with E-state index < -0.39 is 0 Å². The number of carbonyl (C=O) groups excluding carboxylic acids is 2. The Labute approximate surface area is 222 Å². The zero-order chi connectivity index (χ0) is 27.7. The Morgan fingerprint density at radius 2 is 1.87 bits per heavy atom. The third-order valence-electron chi connectivity index (χ3n) is 7.75. The SMILES string of the molecule is Cn1ccc2c(=O)[nH]cc(C(=O)N3CCC4(CCCN(C(=O)c5ccc6nc(CO)[nH]c6c5)C4)C3)c21.O=CO. The fourth-order valence-corrected chi connectivity index (χ4v) is 5.94. The van der Waals surface area contributed by atoms with Crippen LogP contribution in [-0.2, 0) is 18.4 Å². The van der Waals surface area contributed by atoms with Crippen molar-refractivity contribution in [3.05, 3.63) is 64.0 Å². The molecule has 2 fully saturated rings. The van der Waals surface area contributed by atoms with Crippen LogP contribution in [0.4, 0.5) is 0 Å². The Morgan fingerprint density at radius 3 is 2.62 bits per heavy atom. The number of aromatic nitrogens is 4. The number of H-pyrrole nitrogens is 2. The van der Waals surface area contributed by atoms with E-state index in [1.165, 1.54) is 6.20 Å². The molecule has 5 heterocycles. The van der Waals surface area contributed by atoms with E-state index in [9.17, 15) is 19.5 Å². The molecular formula is C27H30N6O6. The van der Waals surface area contributed by atoms with Crippen molar-refractivity contribution < 1.29 is 24.6 Å². The van der Waals surface area contributed by atoms with Gasteiger partial charge in [-0.25, -0.2) is 4.98 Å². The number of carboxylic acid groups (broad SMARTS) is 1. The number of aliphatic hydroxyl groups is 1. The lowest BCUT2D eigenvalue weighted by atomic mass is 9.79. The molecule has 4 aromatic rings. The number of piperidine rings is 1. The van der Waals surface area contributed by atoms with Crippen LogP contribution in [-0.4, -0.2) is 84.0 Å². The van der Waals surface area contributed by atoms with Gasteiger partial charge in [-0.1, -0.05) is 0 Å². The number of likely N-dealkylation sites (tertiary alicyclic amines) is 2. The molecule has 12 nitrogen and oxygen atoms in total. The molecular weight excluding hydrogens is 504 g/mol. The quantitative estimate of drug-likeness (QED) is 0.291. The summed E-state index contributed by atoms with van der Waals surface area (Å²) >= 11 is 0. The first-order valence-electron chi connectivity index (χ1n) is 12.7. The second kappa shape index (κ2) is 10.4. The van der Waals surface area contributed by atoms with Gasteiger partial charge in [-0.3, -0.25) is 19.2 Å². The highest BCUT2D eigenvalue weighted by molar-refractivity contribution is 6.05. The number of nitrogens with zero attached hydrogens (tertiary/aromatic N) is 4. The molecule has 1 unspecified atom stereocenters. The zero-order valence-corrected chi connectivity index (χ0v) is 21.5. The van der Waals surface area contributed by atoms with E-state index in [2.05, 4.69) is 15.0 Å². The van der Waals surface area contributed by atoms with Gasteiger partial charge < -0.3 is 34.5 Å². The van der Waals surface area contributed by atoms with E-state index in [4.69, 9.17) is 9.90 Å². The molecule has 0 aliphatic carbocycles. The number of aromatic amines is 2. The van der Waals surface area contributed by atoms with Crippen LogP contribution in [0.25, 0.3) is 21.9 Å². The number of pyridine rings is 1. The maximum Gasteiger partial charge on any atom is 0.290 e. The number of carbonyl (C=O) groups is 3. The summed E-state index contributed by atoms with van der Waals surface area (Å²) in [5, 5.41) is 16.7. The number of rotatable bonds is 3. The van der Waals surface area contributed by atoms with Crippen LogP contribution in [0, 0.1) is 5.41 Å². The highest BCUT2D eigenvalue weighted by atomic mass is 16.3. The first-order chi connectivity index (χ1) is 18.8. The normalized spacial score (nSPS) is 18.9. The van der Waals surface area contributed by atoms with Crippen LogP contribution in [0.2, 0.25) is 0 Å². The minimum atomic E-state index is -0.250. The lowest BCUT2D eigenvalue weighted by molar-refractivity contribution is -0.122. The van der Waals surface area contributed by atoms with Gasteiger partial charge in [0.25, 0.3) is 23.8 Å². The maximum absolute atomic E-state index is 13.5. The summed E-state index contributed by atoms with van der Waals surface area (Å²) in [7, 11) is 1.83. The van der Waals surface area contributed by atoms with Crippen molar-refractivity contribution in [2.45, 2.75) is 25.9 Å². The average Bonchev–Trinajstić information content (AvgIpc) is 3.66. The third kappa shape index (κ3) is 4.78. The molecule has 204 valence electrons. The number of imidazole rings is 1. The summed E-state index contributed by atoms with van der Waals surface area (Å²) in [6, 6.07) is 7.09. The summed E-state index contributed by atoms with van der Waals surface area (Å²) in [5.74, 6) is 0.340. The van der Waals surface area contributed by atoms with Gasteiger partial charge >= 0.3 is 0 Å². The highest BCUT2D eigenvalue weighted by Gasteiger charge is 2.44. The van der Waals surface area contributed by atoms with Crippen molar-refractivity contribution in [3.63, 3.8) is 0 Å². The van der Waals surface area contributed by atoms with E-state index >= 15 is 0 Å². The summed E-state index contributed by atoms with van der Waals surface area (Å²) in [4.78, 5) is 61.3. The highest BCUT2D eigenvalue weighted by Crippen LogP contribution is 2.40. The van der Waals surface area contributed by atoms with Gasteiger partial charge in [0.1, 0.15) is 12.4 Å². The van der Waals surface area contributed by atoms with Crippen molar-refractivity contribution >= 4 is 40.2 Å². The summed E-state index contributed by atoms with van der Waals surface area (Å²) in [5.41, 5.74) is 2.81. The molecule has 1 spiro atoms. The van der Waals surface area contributed by atoms with Gasteiger partial charge in [-0.05, 0) is 43.5 Å². The largest absolute Gasteiger partial charge is 0.483 e. The van der Waals surface area contributed by atoms with Gasteiger partial charge in [-0.2, -0.15) is 0 Å². The molecule has 2 aliphatic heterocycles. The molecule has 0 bridgehead atoms. The van der Waals surface area contributed by atoms with Gasteiger partial charge in [0.05, 0.1) is 27.5 Å². The lowest BCUT2D eigenvalue weighted by Gasteiger charge is -2.40. The molecule has 6 rings (SSSR count). The van der Waals surface area contributed by atoms with Crippen molar-refractivity contribution in [1.82, 2.24) is 29.3 Å². The molecule has 3 aromatic heterocycles. The van der Waals surface area contributed by atoms with E-state index in [0.717, 1.165) is 24.8 Å². The fraction of sp³-hybridized carbons (Fsp3) is 0.370. The van der Waals surface area contributed by atoms with E-state index in [0.29, 0.717) is 59.5 Å². The van der Waals surface area contributed by atoms with E-state index in [1.807, 2.05) is 21.4 Å². The van der Waals surface area contributed by atoms with Gasteiger partial charge in [0.2, 0.25) is 0 Å². The second-order valence-corrected chi connectivity index (χ2v) is 10.2. The van der Waals surface area contributed by atoms with Crippen LogP contribution >= 0.6 is 0 Å². The lowest BCUT2D eigenvalue weighted by Crippen LogP contribution is -2.47. The van der Waals surface area contributed by atoms with Crippen molar-refractivity contribution in [1.29, 1.82) is 0 Å². The molecule has 0 saturated carbocycles. The van der Waals surface area contributed by atoms with Crippen LogP contribution in [0.5, 0.6) is 0 Å². The van der Waals surface area contributed by atoms with Crippen LogP contribution in [0.3, 0.4) is 0 Å². The topological polar surface area (TPSA) is 165 Å². The molecule has 1 aromatic carbocycles. The molecule has 12 heteroatoms. The Hall–Kier alpha value is -4.45. The Morgan fingerprint density at radius 1 is 1.13 bits per heavy atom. The van der Waals surface area contributed by atoms with Crippen LogP contribution in [0.15, 0.2) is 41.5 Å².